The minimum atomic E-state index is 0.0742. The molecule has 3 heteroatoms. The average molecular weight is 285 g/mol. The van der Waals surface area contributed by atoms with Crippen molar-refractivity contribution >= 4 is 0 Å². The van der Waals surface area contributed by atoms with Crippen molar-refractivity contribution in [2.75, 3.05) is 0 Å². The molecule has 0 radical (unpaired) electrons. The fraction of sp³-hybridized carbons (Fsp3) is 0.333. The zero-order valence-electron chi connectivity index (χ0n) is 12.7. The topological polar surface area (TPSA) is 41.5 Å². The summed E-state index contributed by atoms with van der Waals surface area (Å²) in [6.07, 6.45) is 0. The van der Waals surface area contributed by atoms with Gasteiger partial charge >= 0.3 is 0 Å². The van der Waals surface area contributed by atoms with E-state index in [4.69, 9.17) is 9.84 Å². The molecule has 0 spiro atoms. The molecule has 3 nitrogen and oxygen atoms in total. The van der Waals surface area contributed by atoms with E-state index in [0.717, 1.165) is 29.0 Å². The molecular weight excluding hydrogens is 262 g/mol. The Labute approximate surface area is 126 Å². The van der Waals surface area contributed by atoms with Gasteiger partial charge in [-0.2, -0.15) is 0 Å². The highest BCUT2D eigenvalue weighted by Crippen LogP contribution is 2.19. The van der Waals surface area contributed by atoms with Gasteiger partial charge in [0.15, 0.2) is 0 Å². The molecule has 0 aliphatic heterocycles. The van der Waals surface area contributed by atoms with Crippen LogP contribution < -0.4 is 10.1 Å². The summed E-state index contributed by atoms with van der Waals surface area (Å²) in [7, 11) is 0. The van der Waals surface area contributed by atoms with E-state index >= 15 is 0 Å². The van der Waals surface area contributed by atoms with Crippen molar-refractivity contribution in [3.05, 3.63) is 65.2 Å². The van der Waals surface area contributed by atoms with Crippen LogP contribution in [-0.2, 0) is 19.8 Å². The number of aliphatic hydroxyl groups is 1. The molecule has 112 valence electrons. The van der Waals surface area contributed by atoms with E-state index in [0.29, 0.717) is 12.6 Å². The van der Waals surface area contributed by atoms with Gasteiger partial charge in [0.05, 0.1) is 6.61 Å². The first kappa shape index (κ1) is 15.5. The van der Waals surface area contributed by atoms with Crippen LogP contribution in [0.15, 0.2) is 48.5 Å². The molecule has 2 N–H and O–H groups in total. The summed E-state index contributed by atoms with van der Waals surface area (Å²) in [4.78, 5) is 0. The second kappa shape index (κ2) is 7.81. The molecule has 0 aliphatic carbocycles. The zero-order chi connectivity index (χ0) is 15.1. The second-order valence-corrected chi connectivity index (χ2v) is 5.41. The third kappa shape index (κ3) is 4.88. The molecule has 0 amide bonds. The second-order valence-electron chi connectivity index (χ2n) is 5.41. The van der Waals surface area contributed by atoms with Crippen LogP contribution >= 0.6 is 0 Å². The first-order valence-corrected chi connectivity index (χ1v) is 7.32. The smallest absolute Gasteiger partial charge is 0.124 e. The molecule has 2 aromatic rings. The maximum atomic E-state index is 9.04. The molecule has 0 bridgehead atoms. The summed E-state index contributed by atoms with van der Waals surface area (Å²) in [5, 5.41) is 12.4. The summed E-state index contributed by atoms with van der Waals surface area (Å²) in [5.41, 5.74) is 3.18. The molecule has 0 fully saturated rings. The van der Waals surface area contributed by atoms with Crippen LogP contribution in [0.25, 0.3) is 0 Å². The lowest BCUT2D eigenvalue weighted by atomic mass is 10.1. The van der Waals surface area contributed by atoms with Crippen molar-refractivity contribution in [2.24, 2.45) is 0 Å². The number of benzene rings is 2. The highest BCUT2D eigenvalue weighted by atomic mass is 16.5. The summed E-state index contributed by atoms with van der Waals surface area (Å²) in [6, 6.07) is 16.4. The van der Waals surface area contributed by atoms with E-state index in [2.05, 4.69) is 25.2 Å². The monoisotopic (exact) mass is 285 g/mol. The summed E-state index contributed by atoms with van der Waals surface area (Å²) < 4.78 is 5.93. The Morgan fingerprint density at radius 2 is 1.67 bits per heavy atom. The zero-order valence-corrected chi connectivity index (χ0v) is 12.7. The van der Waals surface area contributed by atoms with E-state index in [1.165, 1.54) is 0 Å². The Bertz CT molecular complexity index is 549. The summed E-state index contributed by atoms with van der Waals surface area (Å²) >= 11 is 0. The minimum absolute atomic E-state index is 0.0742. The number of para-hydroxylation sites is 1. The number of aliphatic hydroxyl groups excluding tert-OH is 1. The molecule has 0 atom stereocenters. The molecule has 0 aromatic heterocycles. The van der Waals surface area contributed by atoms with E-state index in [1.54, 1.807) is 0 Å². The van der Waals surface area contributed by atoms with Gasteiger partial charge in [-0.25, -0.2) is 0 Å². The lowest BCUT2D eigenvalue weighted by Crippen LogP contribution is -2.22. The van der Waals surface area contributed by atoms with Gasteiger partial charge in [0, 0.05) is 18.2 Å². The fourth-order valence-corrected chi connectivity index (χ4v) is 2.01. The highest BCUT2D eigenvalue weighted by Gasteiger charge is 2.04. The third-order valence-electron chi connectivity index (χ3n) is 3.27. The molecule has 0 saturated carbocycles. The van der Waals surface area contributed by atoms with Crippen LogP contribution in [0.4, 0.5) is 0 Å². The number of hydrogen-bond acceptors (Lipinski definition) is 3. The van der Waals surface area contributed by atoms with E-state index < -0.39 is 0 Å². The largest absolute Gasteiger partial charge is 0.489 e. The third-order valence-corrected chi connectivity index (χ3v) is 3.27. The molecule has 2 rings (SSSR count). The van der Waals surface area contributed by atoms with Gasteiger partial charge in [0.25, 0.3) is 0 Å². The molecule has 0 unspecified atom stereocenters. The minimum Gasteiger partial charge on any atom is -0.489 e. The molecule has 21 heavy (non-hydrogen) atoms. The maximum absolute atomic E-state index is 9.04. The first-order valence-electron chi connectivity index (χ1n) is 7.32. The molecule has 0 heterocycles. The average Bonchev–Trinajstić information content (AvgIpc) is 2.52. The van der Waals surface area contributed by atoms with Gasteiger partial charge in [-0.1, -0.05) is 56.3 Å². The Kier molecular flexibility index (Phi) is 5.78. The number of rotatable bonds is 7. The van der Waals surface area contributed by atoms with Crippen LogP contribution in [-0.4, -0.2) is 11.1 Å². The normalized spacial score (nSPS) is 10.9. The van der Waals surface area contributed by atoms with Crippen LogP contribution in [0.1, 0.15) is 30.5 Å². The SMILES string of the molecule is CC(C)NCc1ccccc1OCc1ccc(CO)cc1. The van der Waals surface area contributed by atoms with Crippen molar-refractivity contribution in [1.29, 1.82) is 0 Å². The van der Waals surface area contributed by atoms with Crippen molar-refractivity contribution in [2.45, 2.75) is 39.6 Å². The van der Waals surface area contributed by atoms with Crippen LogP contribution in [0, 0.1) is 0 Å². The predicted molar refractivity (Wildman–Crippen MR) is 85.1 cm³/mol. The Hall–Kier alpha value is -1.84. The van der Waals surface area contributed by atoms with Crippen molar-refractivity contribution in [3.8, 4) is 5.75 Å². The Morgan fingerprint density at radius 1 is 1.00 bits per heavy atom. The van der Waals surface area contributed by atoms with Crippen LogP contribution in [0.3, 0.4) is 0 Å². The van der Waals surface area contributed by atoms with E-state index in [-0.39, 0.29) is 6.61 Å². The quantitative estimate of drug-likeness (QED) is 0.820. The summed E-state index contributed by atoms with van der Waals surface area (Å²) in [5.74, 6) is 0.914. The fourth-order valence-electron chi connectivity index (χ4n) is 2.01. The number of ether oxygens (including phenoxy) is 1. The van der Waals surface area contributed by atoms with Crippen LogP contribution in [0.5, 0.6) is 5.75 Å². The lowest BCUT2D eigenvalue weighted by Gasteiger charge is -2.14. The van der Waals surface area contributed by atoms with Gasteiger partial charge in [-0.3, -0.25) is 0 Å². The van der Waals surface area contributed by atoms with E-state index in [9.17, 15) is 0 Å². The molecule has 2 aromatic carbocycles. The Balaban J connectivity index is 1.98. The number of nitrogens with one attached hydrogen (secondary N) is 1. The van der Waals surface area contributed by atoms with Gasteiger partial charge in [-0.15, -0.1) is 0 Å². The summed E-state index contributed by atoms with van der Waals surface area (Å²) in [6.45, 7) is 5.67. The standard InChI is InChI=1S/C18H23NO2/c1-14(2)19-11-17-5-3-4-6-18(17)21-13-16-9-7-15(12-20)8-10-16/h3-10,14,19-20H,11-13H2,1-2H3. The maximum Gasteiger partial charge on any atom is 0.124 e. The van der Waals surface area contributed by atoms with Gasteiger partial charge in [-0.05, 0) is 17.2 Å². The molecular formula is C18H23NO2. The van der Waals surface area contributed by atoms with Crippen molar-refractivity contribution in [3.63, 3.8) is 0 Å². The molecule has 0 saturated heterocycles. The lowest BCUT2D eigenvalue weighted by molar-refractivity contribution is 0.281. The predicted octanol–water partition coefficient (Wildman–Crippen LogP) is 3.26. The number of hydrogen-bond donors (Lipinski definition) is 2. The van der Waals surface area contributed by atoms with E-state index in [1.807, 2.05) is 42.5 Å². The van der Waals surface area contributed by atoms with Crippen molar-refractivity contribution in [1.82, 2.24) is 5.32 Å². The van der Waals surface area contributed by atoms with Gasteiger partial charge < -0.3 is 15.2 Å². The molecule has 0 aliphatic rings. The van der Waals surface area contributed by atoms with Crippen molar-refractivity contribution < 1.29 is 9.84 Å². The van der Waals surface area contributed by atoms with Gasteiger partial charge in [0.2, 0.25) is 0 Å². The highest BCUT2D eigenvalue weighted by molar-refractivity contribution is 5.33. The first-order chi connectivity index (χ1) is 10.2. The Morgan fingerprint density at radius 3 is 2.33 bits per heavy atom. The van der Waals surface area contributed by atoms with Gasteiger partial charge in [0.1, 0.15) is 12.4 Å². The van der Waals surface area contributed by atoms with Crippen LogP contribution in [0.2, 0.25) is 0 Å².